The van der Waals surface area contributed by atoms with E-state index in [4.69, 9.17) is 15.0 Å². The Morgan fingerprint density at radius 3 is 1.14 bits per heavy atom. The number of rotatable bonds is 5. The van der Waals surface area contributed by atoms with Crippen molar-refractivity contribution in [1.29, 1.82) is 0 Å². The first-order chi connectivity index (χ1) is 24.8. The second kappa shape index (κ2) is 11.4. The fourth-order valence-electron chi connectivity index (χ4n) is 7.28. The number of hydrogen-bond acceptors (Lipinski definition) is 3. The minimum Gasteiger partial charge on any atom is -0.309 e. The van der Waals surface area contributed by atoms with Gasteiger partial charge in [-0.2, -0.15) is 0 Å². The fourth-order valence-corrected chi connectivity index (χ4v) is 7.28. The molecule has 5 nitrogen and oxygen atoms in total. The van der Waals surface area contributed by atoms with E-state index in [1.807, 2.05) is 60.7 Å². The Morgan fingerprint density at radius 1 is 0.280 bits per heavy atom. The van der Waals surface area contributed by atoms with Gasteiger partial charge in [0.2, 0.25) is 0 Å². The van der Waals surface area contributed by atoms with E-state index in [0.717, 1.165) is 39.1 Å². The van der Waals surface area contributed by atoms with E-state index in [1.54, 1.807) is 0 Å². The predicted molar refractivity (Wildman–Crippen MR) is 205 cm³/mol. The van der Waals surface area contributed by atoms with Crippen LogP contribution in [0.25, 0.3) is 89.2 Å². The minimum atomic E-state index is 0.641. The van der Waals surface area contributed by atoms with Gasteiger partial charge in [-0.05, 0) is 60.7 Å². The van der Waals surface area contributed by atoms with E-state index < -0.39 is 0 Å². The molecule has 0 fully saturated rings. The molecule has 0 aliphatic heterocycles. The summed E-state index contributed by atoms with van der Waals surface area (Å²) in [5.41, 5.74) is 9.78. The van der Waals surface area contributed by atoms with Gasteiger partial charge in [-0.15, -0.1) is 0 Å². The van der Waals surface area contributed by atoms with E-state index in [2.05, 4.69) is 124 Å². The number of hydrogen-bond donors (Lipinski definition) is 0. The SMILES string of the molecule is c1ccc(-c2nc(-c3ccccc3)nc(-c3ccc(-n4c5ccccc5c5cc(-n6c7ccccc7c7ccccc76)ccc54)cc3)n2)cc1. The monoisotopic (exact) mass is 639 g/mol. The van der Waals surface area contributed by atoms with Crippen molar-refractivity contribution in [2.75, 3.05) is 0 Å². The third kappa shape index (κ3) is 4.52. The summed E-state index contributed by atoms with van der Waals surface area (Å²) in [6.07, 6.45) is 0. The molecule has 0 amide bonds. The first kappa shape index (κ1) is 28.2. The van der Waals surface area contributed by atoms with E-state index in [1.165, 1.54) is 32.6 Å². The molecule has 0 N–H and O–H groups in total. The first-order valence-corrected chi connectivity index (χ1v) is 16.8. The smallest absolute Gasteiger partial charge is 0.164 e. The zero-order valence-electron chi connectivity index (χ0n) is 27.0. The van der Waals surface area contributed by atoms with Crippen LogP contribution >= 0.6 is 0 Å². The molecule has 50 heavy (non-hydrogen) atoms. The molecule has 0 saturated carbocycles. The summed E-state index contributed by atoms with van der Waals surface area (Å²) in [4.78, 5) is 14.7. The van der Waals surface area contributed by atoms with Gasteiger partial charge in [-0.25, -0.2) is 15.0 Å². The van der Waals surface area contributed by atoms with Crippen molar-refractivity contribution in [2.24, 2.45) is 0 Å². The van der Waals surface area contributed by atoms with Gasteiger partial charge in [0.25, 0.3) is 0 Å². The van der Waals surface area contributed by atoms with Crippen LogP contribution in [0.1, 0.15) is 0 Å². The van der Waals surface area contributed by atoms with Crippen molar-refractivity contribution < 1.29 is 0 Å². The van der Waals surface area contributed by atoms with Crippen molar-refractivity contribution in [3.63, 3.8) is 0 Å². The third-order valence-corrected chi connectivity index (χ3v) is 9.58. The molecular weight excluding hydrogens is 611 g/mol. The van der Waals surface area contributed by atoms with Crippen LogP contribution in [0.2, 0.25) is 0 Å². The summed E-state index contributed by atoms with van der Waals surface area (Å²) in [5.74, 6) is 1.95. The van der Waals surface area contributed by atoms with Crippen LogP contribution in [0.4, 0.5) is 0 Å². The molecule has 0 bridgehead atoms. The second-order valence-electron chi connectivity index (χ2n) is 12.5. The molecule has 0 spiro atoms. The molecule has 3 heterocycles. The average molecular weight is 640 g/mol. The number of nitrogens with zero attached hydrogens (tertiary/aromatic N) is 5. The lowest BCUT2D eigenvalue weighted by Crippen LogP contribution is -2.00. The molecule has 234 valence electrons. The Balaban J connectivity index is 1.11. The van der Waals surface area contributed by atoms with Gasteiger partial charge in [-0.3, -0.25) is 0 Å². The highest BCUT2D eigenvalue weighted by molar-refractivity contribution is 6.12. The Kier molecular flexibility index (Phi) is 6.42. The molecule has 0 unspecified atom stereocenters. The lowest BCUT2D eigenvalue weighted by molar-refractivity contribution is 1.07. The normalized spacial score (nSPS) is 11.6. The Bertz CT molecular complexity index is 2740. The summed E-state index contributed by atoms with van der Waals surface area (Å²) < 4.78 is 4.73. The highest BCUT2D eigenvalue weighted by Crippen LogP contribution is 2.37. The van der Waals surface area contributed by atoms with E-state index in [9.17, 15) is 0 Å². The maximum Gasteiger partial charge on any atom is 0.164 e. The van der Waals surface area contributed by atoms with E-state index in [-0.39, 0.29) is 0 Å². The number of aromatic nitrogens is 5. The molecule has 0 atom stereocenters. The molecule has 0 aliphatic rings. The van der Waals surface area contributed by atoms with E-state index >= 15 is 0 Å². The predicted octanol–water partition coefficient (Wildman–Crippen LogP) is 11.1. The maximum atomic E-state index is 4.94. The zero-order valence-corrected chi connectivity index (χ0v) is 27.0. The van der Waals surface area contributed by atoms with Crippen molar-refractivity contribution >= 4 is 43.6 Å². The lowest BCUT2D eigenvalue weighted by Gasteiger charge is -2.11. The third-order valence-electron chi connectivity index (χ3n) is 9.58. The maximum absolute atomic E-state index is 4.94. The van der Waals surface area contributed by atoms with E-state index in [0.29, 0.717) is 17.5 Å². The van der Waals surface area contributed by atoms with Crippen LogP contribution in [-0.2, 0) is 0 Å². The van der Waals surface area contributed by atoms with Crippen molar-refractivity contribution in [3.05, 3.63) is 176 Å². The summed E-state index contributed by atoms with van der Waals surface area (Å²) in [5, 5.41) is 4.94. The molecule has 0 radical (unpaired) electrons. The van der Waals surface area contributed by atoms with Crippen molar-refractivity contribution in [3.8, 4) is 45.5 Å². The standard InChI is InChI=1S/C45H29N5/c1-3-13-30(14-4-1)43-46-44(31-15-5-2-6-16-31)48-45(47-43)32-23-25-33(26-24-32)49-41-22-12-9-19-37(41)38-29-34(27-28-42(38)49)50-39-20-10-7-17-35(39)36-18-8-11-21-40(36)50/h1-29H. The summed E-state index contributed by atoms with van der Waals surface area (Å²) in [6.45, 7) is 0. The summed E-state index contributed by atoms with van der Waals surface area (Å²) in [6, 6.07) is 61.5. The van der Waals surface area contributed by atoms with Gasteiger partial charge < -0.3 is 9.13 Å². The zero-order chi connectivity index (χ0) is 33.0. The summed E-state index contributed by atoms with van der Waals surface area (Å²) >= 11 is 0. The first-order valence-electron chi connectivity index (χ1n) is 16.8. The van der Waals surface area contributed by atoms with Crippen molar-refractivity contribution in [1.82, 2.24) is 24.1 Å². The van der Waals surface area contributed by atoms with Gasteiger partial charge >= 0.3 is 0 Å². The van der Waals surface area contributed by atoms with Crippen LogP contribution in [-0.4, -0.2) is 24.1 Å². The minimum absolute atomic E-state index is 0.641. The molecule has 10 rings (SSSR count). The molecule has 0 saturated heterocycles. The van der Waals surface area contributed by atoms with Crippen LogP contribution < -0.4 is 0 Å². The van der Waals surface area contributed by atoms with Crippen molar-refractivity contribution in [2.45, 2.75) is 0 Å². The molecular formula is C45H29N5. The van der Waals surface area contributed by atoms with Gasteiger partial charge in [0.15, 0.2) is 17.5 Å². The molecule has 5 heteroatoms. The van der Waals surface area contributed by atoms with Crippen LogP contribution in [0, 0.1) is 0 Å². The average Bonchev–Trinajstić information content (AvgIpc) is 3.71. The Hall–Kier alpha value is -6.85. The number of benzene rings is 7. The van der Waals surface area contributed by atoms with Crippen LogP contribution in [0.5, 0.6) is 0 Å². The van der Waals surface area contributed by atoms with Gasteiger partial charge in [0, 0.05) is 49.6 Å². The molecule has 3 aromatic heterocycles. The highest BCUT2D eigenvalue weighted by atomic mass is 15.0. The fraction of sp³-hybridized carbons (Fsp3) is 0. The topological polar surface area (TPSA) is 48.5 Å². The van der Waals surface area contributed by atoms with Crippen LogP contribution in [0.15, 0.2) is 176 Å². The van der Waals surface area contributed by atoms with Gasteiger partial charge in [-0.1, -0.05) is 115 Å². The van der Waals surface area contributed by atoms with Gasteiger partial charge in [0.1, 0.15) is 0 Å². The Labute approximate surface area is 288 Å². The summed E-state index contributed by atoms with van der Waals surface area (Å²) in [7, 11) is 0. The molecule has 7 aromatic carbocycles. The molecule has 10 aromatic rings. The second-order valence-corrected chi connectivity index (χ2v) is 12.5. The Morgan fingerprint density at radius 2 is 0.640 bits per heavy atom. The number of para-hydroxylation sites is 3. The van der Waals surface area contributed by atoms with Gasteiger partial charge in [0.05, 0.1) is 22.1 Å². The largest absolute Gasteiger partial charge is 0.309 e. The molecule has 0 aliphatic carbocycles. The highest BCUT2D eigenvalue weighted by Gasteiger charge is 2.17. The quantitative estimate of drug-likeness (QED) is 0.188. The van der Waals surface area contributed by atoms with Crippen LogP contribution in [0.3, 0.4) is 0 Å². The number of fused-ring (bicyclic) bond motifs is 6. The lowest BCUT2D eigenvalue weighted by atomic mass is 10.1.